The fourth-order valence-corrected chi connectivity index (χ4v) is 3.47. The topological polar surface area (TPSA) is 39.7 Å². The van der Waals surface area contributed by atoms with Gasteiger partial charge in [-0.1, -0.05) is 23.2 Å². The van der Waals surface area contributed by atoms with Crippen molar-refractivity contribution in [2.75, 3.05) is 39.5 Å². The highest BCUT2D eigenvalue weighted by molar-refractivity contribution is 6.36. The highest BCUT2D eigenvalue weighted by Crippen LogP contribution is 2.36. The number of ether oxygens (including phenoxy) is 3. The average Bonchev–Trinajstić information content (AvgIpc) is 3.07. The molecule has 0 radical (unpaired) electrons. The van der Waals surface area contributed by atoms with E-state index in [0.29, 0.717) is 28.5 Å². The molecule has 1 N–H and O–H groups in total. The standard InChI is InChI=1S/C18H23Cl2NO3/c19-15-8-14-7-13(11-24-18(14)17(20)9-15)10-21-4-2-5-22-12-16-3-1-6-23-16/h7-9,16,21H,1-6,10-12H2. The van der Waals surface area contributed by atoms with Gasteiger partial charge < -0.3 is 19.5 Å². The Morgan fingerprint density at radius 3 is 3.04 bits per heavy atom. The molecule has 3 rings (SSSR count). The monoisotopic (exact) mass is 371 g/mol. The highest BCUT2D eigenvalue weighted by atomic mass is 35.5. The van der Waals surface area contributed by atoms with Gasteiger partial charge in [0.2, 0.25) is 0 Å². The SMILES string of the molecule is Clc1cc(Cl)c2c(c1)C=C(CNCCCOCC1CCCO1)CO2. The Morgan fingerprint density at radius 2 is 2.21 bits per heavy atom. The van der Waals surface area contributed by atoms with Gasteiger partial charge in [-0.3, -0.25) is 0 Å². The van der Waals surface area contributed by atoms with Crippen molar-refractivity contribution in [2.45, 2.75) is 25.4 Å². The molecule has 1 atom stereocenters. The summed E-state index contributed by atoms with van der Waals surface area (Å²) in [7, 11) is 0. The van der Waals surface area contributed by atoms with Crippen molar-refractivity contribution in [2.24, 2.45) is 0 Å². The first-order chi connectivity index (χ1) is 11.7. The predicted molar refractivity (Wildman–Crippen MR) is 97.2 cm³/mol. The van der Waals surface area contributed by atoms with Crippen LogP contribution in [-0.2, 0) is 9.47 Å². The molecule has 1 fully saturated rings. The molecule has 132 valence electrons. The lowest BCUT2D eigenvalue weighted by atomic mass is 10.1. The van der Waals surface area contributed by atoms with Gasteiger partial charge in [-0.25, -0.2) is 0 Å². The van der Waals surface area contributed by atoms with Crippen LogP contribution in [-0.4, -0.2) is 45.6 Å². The van der Waals surface area contributed by atoms with E-state index in [-0.39, 0.29) is 0 Å². The number of hydrogen-bond acceptors (Lipinski definition) is 4. The Kier molecular flexibility index (Phi) is 6.81. The van der Waals surface area contributed by atoms with Crippen molar-refractivity contribution < 1.29 is 14.2 Å². The summed E-state index contributed by atoms with van der Waals surface area (Å²) in [5, 5.41) is 4.60. The third kappa shape index (κ3) is 5.11. The number of halogens is 2. The second-order valence-electron chi connectivity index (χ2n) is 6.14. The molecule has 1 saturated heterocycles. The van der Waals surface area contributed by atoms with Gasteiger partial charge in [0.15, 0.2) is 0 Å². The lowest BCUT2D eigenvalue weighted by Crippen LogP contribution is -2.24. The Bertz CT molecular complexity index is 586. The fraction of sp³-hybridized carbons (Fsp3) is 0.556. The van der Waals surface area contributed by atoms with Gasteiger partial charge in [0.25, 0.3) is 0 Å². The predicted octanol–water partition coefficient (Wildman–Crippen LogP) is 3.94. The minimum Gasteiger partial charge on any atom is -0.487 e. The Labute approximate surface area is 153 Å². The van der Waals surface area contributed by atoms with Gasteiger partial charge in [-0.15, -0.1) is 0 Å². The first kappa shape index (κ1) is 18.0. The minimum atomic E-state index is 0.307. The molecule has 2 heterocycles. The van der Waals surface area contributed by atoms with Gasteiger partial charge in [0.05, 0.1) is 17.7 Å². The van der Waals surface area contributed by atoms with E-state index in [1.165, 1.54) is 5.57 Å². The quantitative estimate of drug-likeness (QED) is 0.702. The van der Waals surface area contributed by atoms with Gasteiger partial charge in [-0.2, -0.15) is 0 Å². The highest BCUT2D eigenvalue weighted by Gasteiger charge is 2.16. The number of nitrogens with one attached hydrogen (secondary N) is 1. The van der Waals surface area contributed by atoms with E-state index < -0.39 is 0 Å². The van der Waals surface area contributed by atoms with Crippen molar-refractivity contribution in [1.82, 2.24) is 5.32 Å². The van der Waals surface area contributed by atoms with Gasteiger partial charge in [0.1, 0.15) is 12.4 Å². The maximum absolute atomic E-state index is 6.14. The van der Waals surface area contributed by atoms with Crippen LogP contribution in [0.5, 0.6) is 5.75 Å². The number of hydrogen-bond donors (Lipinski definition) is 1. The van der Waals surface area contributed by atoms with E-state index in [1.807, 2.05) is 6.07 Å². The zero-order valence-corrected chi connectivity index (χ0v) is 15.2. The first-order valence-corrected chi connectivity index (χ1v) is 9.19. The maximum atomic E-state index is 6.14. The Morgan fingerprint density at radius 1 is 1.29 bits per heavy atom. The summed E-state index contributed by atoms with van der Waals surface area (Å²) in [5.74, 6) is 0.715. The molecular weight excluding hydrogens is 349 g/mol. The zero-order chi connectivity index (χ0) is 16.8. The molecule has 2 aliphatic heterocycles. The zero-order valence-electron chi connectivity index (χ0n) is 13.7. The molecular formula is C18H23Cl2NO3. The molecule has 1 aromatic carbocycles. The van der Waals surface area contributed by atoms with Crippen LogP contribution < -0.4 is 10.1 Å². The third-order valence-electron chi connectivity index (χ3n) is 4.12. The number of benzene rings is 1. The van der Waals surface area contributed by atoms with Gasteiger partial charge in [0, 0.05) is 30.3 Å². The lowest BCUT2D eigenvalue weighted by Gasteiger charge is -2.19. The summed E-state index contributed by atoms with van der Waals surface area (Å²) in [6, 6.07) is 3.58. The number of fused-ring (bicyclic) bond motifs is 1. The van der Waals surface area contributed by atoms with E-state index in [9.17, 15) is 0 Å². The Balaban J connectivity index is 1.34. The van der Waals surface area contributed by atoms with E-state index in [1.54, 1.807) is 6.07 Å². The van der Waals surface area contributed by atoms with Gasteiger partial charge in [-0.05, 0) is 49.6 Å². The van der Waals surface area contributed by atoms with Crippen LogP contribution in [0.2, 0.25) is 10.0 Å². The van der Waals surface area contributed by atoms with Gasteiger partial charge >= 0.3 is 0 Å². The molecule has 0 saturated carbocycles. The summed E-state index contributed by atoms with van der Waals surface area (Å²) in [6.07, 6.45) is 5.67. The summed E-state index contributed by atoms with van der Waals surface area (Å²) in [4.78, 5) is 0. The molecule has 0 amide bonds. The molecule has 2 aliphatic rings. The average molecular weight is 372 g/mol. The second kappa shape index (κ2) is 9.07. The van der Waals surface area contributed by atoms with Crippen molar-refractivity contribution in [3.63, 3.8) is 0 Å². The normalized spacial score (nSPS) is 19.8. The van der Waals surface area contributed by atoms with Crippen LogP contribution >= 0.6 is 23.2 Å². The lowest BCUT2D eigenvalue weighted by molar-refractivity contribution is 0.0167. The van der Waals surface area contributed by atoms with E-state index in [2.05, 4.69) is 11.4 Å². The fourth-order valence-electron chi connectivity index (χ4n) is 2.91. The molecule has 24 heavy (non-hydrogen) atoms. The van der Waals surface area contributed by atoms with Crippen LogP contribution in [0.15, 0.2) is 17.7 Å². The van der Waals surface area contributed by atoms with E-state index >= 15 is 0 Å². The summed E-state index contributed by atoms with van der Waals surface area (Å²) < 4.78 is 16.9. The van der Waals surface area contributed by atoms with E-state index in [4.69, 9.17) is 37.4 Å². The van der Waals surface area contributed by atoms with E-state index in [0.717, 1.165) is 57.7 Å². The van der Waals surface area contributed by atoms with Crippen molar-refractivity contribution in [1.29, 1.82) is 0 Å². The van der Waals surface area contributed by atoms with Crippen LogP contribution in [0.1, 0.15) is 24.8 Å². The van der Waals surface area contributed by atoms with Crippen LogP contribution in [0.25, 0.3) is 6.08 Å². The molecule has 0 aliphatic carbocycles. The minimum absolute atomic E-state index is 0.307. The van der Waals surface area contributed by atoms with Crippen LogP contribution in [0.3, 0.4) is 0 Å². The number of rotatable bonds is 8. The van der Waals surface area contributed by atoms with Crippen molar-refractivity contribution in [3.05, 3.63) is 33.3 Å². The second-order valence-corrected chi connectivity index (χ2v) is 6.98. The molecule has 0 aromatic heterocycles. The molecule has 6 heteroatoms. The van der Waals surface area contributed by atoms with Crippen molar-refractivity contribution >= 4 is 29.3 Å². The maximum Gasteiger partial charge on any atom is 0.145 e. The Hall–Kier alpha value is -0.780. The first-order valence-electron chi connectivity index (χ1n) is 8.44. The van der Waals surface area contributed by atoms with Crippen molar-refractivity contribution in [3.8, 4) is 5.75 Å². The molecule has 0 spiro atoms. The molecule has 0 bridgehead atoms. The molecule has 4 nitrogen and oxygen atoms in total. The third-order valence-corrected chi connectivity index (χ3v) is 4.62. The summed E-state index contributed by atoms with van der Waals surface area (Å²) in [6.45, 7) is 4.61. The largest absolute Gasteiger partial charge is 0.487 e. The van der Waals surface area contributed by atoms with Crippen LogP contribution in [0, 0.1) is 0 Å². The smallest absolute Gasteiger partial charge is 0.145 e. The summed E-state index contributed by atoms with van der Waals surface area (Å²) >= 11 is 12.2. The molecule has 1 aromatic rings. The summed E-state index contributed by atoms with van der Waals surface area (Å²) in [5.41, 5.74) is 2.12. The van der Waals surface area contributed by atoms with Crippen LogP contribution in [0.4, 0.5) is 0 Å². The molecule has 1 unspecified atom stereocenters.